The summed E-state index contributed by atoms with van der Waals surface area (Å²) in [5.41, 5.74) is 5.47. The first-order valence-corrected chi connectivity index (χ1v) is 8.14. The average Bonchev–Trinajstić information content (AvgIpc) is 3.08. The quantitative estimate of drug-likeness (QED) is 0.765. The molecule has 25 heavy (non-hydrogen) atoms. The Balaban J connectivity index is 1.57. The molecule has 1 aliphatic heterocycles. The largest absolute Gasteiger partial charge is 0.387 e. The van der Waals surface area contributed by atoms with Crippen LogP contribution in [0.2, 0.25) is 0 Å². The van der Waals surface area contributed by atoms with E-state index in [-0.39, 0.29) is 23.7 Å². The van der Waals surface area contributed by atoms with E-state index in [1.807, 2.05) is 4.90 Å². The van der Waals surface area contributed by atoms with Crippen molar-refractivity contribution in [1.82, 2.24) is 14.9 Å². The van der Waals surface area contributed by atoms with Gasteiger partial charge in [-0.1, -0.05) is 0 Å². The monoisotopic (exact) mass is 350 g/mol. The van der Waals surface area contributed by atoms with E-state index in [4.69, 9.17) is 5.73 Å². The highest BCUT2D eigenvalue weighted by Crippen LogP contribution is 2.27. The Hall–Kier alpha value is -2.32. The van der Waals surface area contributed by atoms with Crippen LogP contribution < -0.4 is 5.73 Å². The van der Waals surface area contributed by atoms with Crippen molar-refractivity contribution in [3.05, 3.63) is 53.1 Å². The molecule has 1 amide bonds. The second-order valence-electron chi connectivity index (χ2n) is 6.30. The molecule has 0 aliphatic carbocycles. The molecule has 1 aromatic carbocycles. The predicted octanol–water partition coefficient (Wildman–Crippen LogP) is 1.70. The number of hydrogen-bond acceptors (Lipinski definition) is 4. The molecule has 0 radical (unpaired) electrons. The Bertz CT molecular complexity index is 757. The number of halogens is 2. The number of hydrogen-bond donors (Lipinski definition) is 3. The number of aromatic nitrogens is 2. The first-order chi connectivity index (χ1) is 11.9. The van der Waals surface area contributed by atoms with Gasteiger partial charge < -0.3 is 20.7 Å². The number of carbonyl (C=O) groups excluding carboxylic acids is 1. The number of H-pyrrole nitrogens is 1. The standard InChI is InChI=1S/C17H20F2N4O2/c18-11-1-2-13(19)12(7-11)15(24)9-23-5-3-10(4-6-23)17-21-8-14(22-17)16(20)25/h1-2,7-8,10,15,24H,3-6,9H2,(H2,20,25)(H,21,22). The van der Waals surface area contributed by atoms with Gasteiger partial charge >= 0.3 is 0 Å². The minimum atomic E-state index is -1.09. The van der Waals surface area contributed by atoms with E-state index in [1.165, 1.54) is 6.20 Å². The van der Waals surface area contributed by atoms with Crippen LogP contribution in [0.15, 0.2) is 24.4 Å². The number of benzene rings is 1. The number of aliphatic hydroxyl groups excluding tert-OH is 1. The van der Waals surface area contributed by atoms with Crippen molar-refractivity contribution in [3.8, 4) is 0 Å². The Labute approximate surface area is 143 Å². The third-order valence-corrected chi connectivity index (χ3v) is 4.58. The summed E-state index contributed by atoms with van der Waals surface area (Å²) in [6.45, 7) is 1.61. The number of aromatic amines is 1. The molecule has 0 saturated carbocycles. The molecule has 8 heteroatoms. The van der Waals surface area contributed by atoms with E-state index in [1.54, 1.807) is 0 Å². The number of primary amides is 1. The summed E-state index contributed by atoms with van der Waals surface area (Å²) in [4.78, 5) is 20.3. The Morgan fingerprint density at radius 2 is 2.12 bits per heavy atom. The number of nitrogens with zero attached hydrogens (tertiary/aromatic N) is 2. The van der Waals surface area contributed by atoms with Crippen LogP contribution in [-0.4, -0.2) is 45.5 Å². The second kappa shape index (κ2) is 7.28. The van der Waals surface area contributed by atoms with Gasteiger partial charge in [0.1, 0.15) is 23.2 Å². The minimum Gasteiger partial charge on any atom is -0.387 e. The van der Waals surface area contributed by atoms with Gasteiger partial charge in [0.25, 0.3) is 5.91 Å². The van der Waals surface area contributed by atoms with Crippen LogP contribution in [0.4, 0.5) is 8.78 Å². The van der Waals surface area contributed by atoms with E-state index in [2.05, 4.69) is 9.97 Å². The molecular formula is C17H20F2N4O2. The van der Waals surface area contributed by atoms with Gasteiger partial charge in [-0.25, -0.2) is 13.8 Å². The van der Waals surface area contributed by atoms with Crippen molar-refractivity contribution >= 4 is 5.91 Å². The number of likely N-dealkylation sites (tertiary alicyclic amines) is 1. The van der Waals surface area contributed by atoms with Crippen LogP contribution in [0.3, 0.4) is 0 Å². The second-order valence-corrected chi connectivity index (χ2v) is 6.30. The highest BCUT2D eigenvalue weighted by molar-refractivity contribution is 5.90. The Kier molecular flexibility index (Phi) is 5.10. The number of β-amino-alcohol motifs (C(OH)–C–C–N with tert-alkyl or cyclic N) is 1. The third-order valence-electron chi connectivity index (χ3n) is 4.58. The maximum absolute atomic E-state index is 13.7. The van der Waals surface area contributed by atoms with Gasteiger partial charge in [0, 0.05) is 18.0 Å². The summed E-state index contributed by atoms with van der Waals surface area (Å²) < 4.78 is 27.0. The topological polar surface area (TPSA) is 95.2 Å². The molecule has 2 heterocycles. The zero-order valence-electron chi connectivity index (χ0n) is 13.6. The summed E-state index contributed by atoms with van der Waals surface area (Å²) in [7, 11) is 0. The van der Waals surface area contributed by atoms with E-state index in [0.29, 0.717) is 13.1 Å². The van der Waals surface area contributed by atoms with E-state index < -0.39 is 23.6 Å². The molecule has 4 N–H and O–H groups in total. The summed E-state index contributed by atoms with van der Waals surface area (Å²) >= 11 is 0. The van der Waals surface area contributed by atoms with Gasteiger partial charge in [-0.05, 0) is 44.1 Å². The number of rotatable bonds is 5. The SMILES string of the molecule is NC(=O)c1cnc(C2CCN(CC(O)c3cc(F)ccc3F)CC2)[nH]1. The van der Waals surface area contributed by atoms with Crippen LogP contribution in [0, 0.1) is 11.6 Å². The van der Waals surface area contributed by atoms with Crippen LogP contribution in [0.25, 0.3) is 0 Å². The van der Waals surface area contributed by atoms with Crippen LogP contribution in [0.1, 0.15) is 46.7 Å². The summed E-state index contributed by atoms with van der Waals surface area (Å²) in [6.07, 6.45) is 1.91. The number of carbonyl (C=O) groups is 1. The molecule has 0 bridgehead atoms. The number of imidazole rings is 1. The van der Waals surface area contributed by atoms with Crippen molar-refractivity contribution in [2.24, 2.45) is 5.73 Å². The molecule has 1 fully saturated rings. The molecule has 1 aromatic heterocycles. The van der Waals surface area contributed by atoms with E-state index >= 15 is 0 Å². The van der Waals surface area contributed by atoms with Gasteiger partial charge in [0.15, 0.2) is 0 Å². The first kappa shape index (κ1) is 17.5. The summed E-state index contributed by atoms with van der Waals surface area (Å²) in [5, 5.41) is 10.2. The van der Waals surface area contributed by atoms with Crippen molar-refractivity contribution in [3.63, 3.8) is 0 Å². The molecule has 1 atom stereocenters. The molecule has 3 rings (SSSR count). The van der Waals surface area contributed by atoms with Crippen molar-refractivity contribution in [2.45, 2.75) is 24.9 Å². The molecule has 0 spiro atoms. The Morgan fingerprint density at radius 1 is 1.40 bits per heavy atom. The average molecular weight is 350 g/mol. The maximum atomic E-state index is 13.7. The third kappa shape index (κ3) is 4.02. The number of aliphatic hydroxyl groups is 1. The fourth-order valence-electron chi connectivity index (χ4n) is 3.17. The molecular weight excluding hydrogens is 330 g/mol. The summed E-state index contributed by atoms with van der Waals surface area (Å²) in [6, 6.07) is 3.08. The van der Waals surface area contributed by atoms with Gasteiger partial charge in [0.2, 0.25) is 0 Å². The van der Waals surface area contributed by atoms with Gasteiger partial charge in [-0.15, -0.1) is 0 Å². The zero-order valence-corrected chi connectivity index (χ0v) is 13.6. The van der Waals surface area contributed by atoms with Gasteiger partial charge in [-0.3, -0.25) is 4.79 Å². The normalized spacial score (nSPS) is 17.6. The molecule has 134 valence electrons. The Morgan fingerprint density at radius 3 is 2.76 bits per heavy atom. The molecule has 2 aromatic rings. The number of piperidine rings is 1. The van der Waals surface area contributed by atoms with Crippen LogP contribution in [0.5, 0.6) is 0 Å². The lowest BCUT2D eigenvalue weighted by molar-refractivity contribution is 0.0937. The van der Waals surface area contributed by atoms with Crippen molar-refractivity contribution < 1.29 is 18.7 Å². The number of nitrogens with two attached hydrogens (primary N) is 1. The van der Waals surface area contributed by atoms with E-state index in [0.717, 1.165) is 36.9 Å². The fraction of sp³-hybridized carbons (Fsp3) is 0.412. The molecule has 1 unspecified atom stereocenters. The van der Waals surface area contributed by atoms with Gasteiger partial charge in [0.05, 0.1) is 12.3 Å². The number of amides is 1. The predicted molar refractivity (Wildman–Crippen MR) is 86.8 cm³/mol. The molecule has 6 nitrogen and oxygen atoms in total. The van der Waals surface area contributed by atoms with Crippen LogP contribution >= 0.6 is 0 Å². The lowest BCUT2D eigenvalue weighted by Crippen LogP contribution is -2.36. The van der Waals surface area contributed by atoms with Crippen LogP contribution in [-0.2, 0) is 0 Å². The lowest BCUT2D eigenvalue weighted by atomic mass is 9.95. The summed E-state index contributed by atoms with van der Waals surface area (Å²) in [5.74, 6) is -0.829. The first-order valence-electron chi connectivity index (χ1n) is 8.14. The maximum Gasteiger partial charge on any atom is 0.266 e. The molecule has 1 saturated heterocycles. The van der Waals surface area contributed by atoms with Crippen molar-refractivity contribution in [1.29, 1.82) is 0 Å². The lowest BCUT2D eigenvalue weighted by Gasteiger charge is -2.32. The highest BCUT2D eigenvalue weighted by atomic mass is 19.1. The van der Waals surface area contributed by atoms with Gasteiger partial charge in [-0.2, -0.15) is 0 Å². The molecule has 1 aliphatic rings. The minimum absolute atomic E-state index is 0.0285. The van der Waals surface area contributed by atoms with E-state index in [9.17, 15) is 18.7 Å². The zero-order chi connectivity index (χ0) is 18.0. The smallest absolute Gasteiger partial charge is 0.266 e. The highest BCUT2D eigenvalue weighted by Gasteiger charge is 2.25. The number of nitrogens with one attached hydrogen (secondary N) is 1. The van der Waals surface area contributed by atoms with Crippen molar-refractivity contribution in [2.75, 3.05) is 19.6 Å². The fourth-order valence-corrected chi connectivity index (χ4v) is 3.17.